The fourth-order valence-corrected chi connectivity index (χ4v) is 11.6. The van der Waals surface area contributed by atoms with E-state index in [0.29, 0.717) is 19.4 Å². The van der Waals surface area contributed by atoms with Gasteiger partial charge in [-0.05, 0) is 64.2 Å². The predicted octanol–water partition coefficient (Wildman–Crippen LogP) is 23.9. The number of carbonyl (C=O) groups excluding carboxylic acids is 2. The second kappa shape index (κ2) is 70.6. The monoisotopic (exact) mass is 1140 g/mol. The number of ether oxygens (including phenoxy) is 1. The lowest BCUT2D eigenvalue weighted by Gasteiger charge is -2.20. The zero-order valence-corrected chi connectivity index (χ0v) is 54.8. The first kappa shape index (κ1) is 79.1. The maximum Gasteiger partial charge on any atom is 0.305 e. The van der Waals surface area contributed by atoms with Gasteiger partial charge in [0.15, 0.2) is 0 Å². The van der Waals surface area contributed by atoms with Crippen LogP contribution in [-0.2, 0) is 14.3 Å². The molecular formula is C75H143NO5. The van der Waals surface area contributed by atoms with E-state index in [-0.39, 0.29) is 18.5 Å². The van der Waals surface area contributed by atoms with Gasteiger partial charge in [-0.3, -0.25) is 9.59 Å². The van der Waals surface area contributed by atoms with E-state index in [2.05, 4.69) is 43.5 Å². The number of amides is 1. The third-order valence-corrected chi connectivity index (χ3v) is 17.2. The summed E-state index contributed by atoms with van der Waals surface area (Å²) in [5.74, 6) is -0.0426. The quantitative estimate of drug-likeness (QED) is 0.0320. The third-order valence-electron chi connectivity index (χ3n) is 17.2. The number of aliphatic hydroxyl groups excluding tert-OH is 2. The number of carbonyl (C=O) groups is 2. The van der Waals surface area contributed by atoms with E-state index < -0.39 is 12.1 Å². The van der Waals surface area contributed by atoms with E-state index >= 15 is 0 Å². The fraction of sp³-hybridized carbons (Fsp3) is 0.893. The summed E-state index contributed by atoms with van der Waals surface area (Å²) in [4.78, 5) is 24.5. The molecule has 2 unspecified atom stereocenters. The molecule has 81 heavy (non-hydrogen) atoms. The third kappa shape index (κ3) is 67.1. The standard InChI is InChI=1S/C75H143NO5/c1-3-5-7-9-11-13-15-17-45-49-53-57-61-65-69-75(80)81-70-66-62-58-54-50-46-42-40-38-36-34-32-30-28-26-24-22-20-18-19-21-23-25-27-29-31-33-35-37-39-41-44-48-52-56-60-64-68-74(79)76-72(71-77)73(78)67-63-59-55-51-47-43-16-14-12-10-8-6-4-2/h18,20,24,26,63,67,72-73,77-78H,3-17,19,21-23,25,27-62,64-66,68-71H2,1-2H3,(H,76,79)/b20-18-,26-24-,67-63+. The summed E-state index contributed by atoms with van der Waals surface area (Å²) in [5.41, 5.74) is 0. The lowest BCUT2D eigenvalue weighted by molar-refractivity contribution is -0.143. The molecule has 3 N–H and O–H groups in total. The van der Waals surface area contributed by atoms with Gasteiger partial charge in [0.2, 0.25) is 5.91 Å². The summed E-state index contributed by atoms with van der Waals surface area (Å²) in [5, 5.41) is 23.1. The van der Waals surface area contributed by atoms with Crippen molar-refractivity contribution in [1.29, 1.82) is 0 Å². The molecule has 0 aromatic rings. The number of hydrogen-bond donors (Lipinski definition) is 3. The number of rotatable bonds is 69. The van der Waals surface area contributed by atoms with Crippen molar-refractivity contribution in [3.63, 3.8) is 0 Å². The van der Waals surface area contributed by atoms with Gasteiger partial charge in [-0.25, -0.2) is 0 Å². The first-order valence-electron chi connectivity index (χ1n) is 36.8. The van der Waals surface area contributed by atoms with Crippen LogP contribution in [0.5, 0.6) is 0 Å². The second-order valence-electron chi connectivity index (χ2n) is 25.3. The zero-order chi connectivity index (χ0) is 58.5. The van der Waals surface area contributed by atoms with Crippen molar-refractivity contribution >= 4 is 11.9 Å². The van der Waals surface area contributed by atoms with Crippen LogP contribution in [0.15, 0.2) is 36.5 Å². The molecule has 0 aromatic heterocycles. The SMILES string of the molecule is CCCCCCCCCCCCC/C=C/C(O)C(CO)NC(=O)CCCCCCCCCCCCCCCCCCC/C=C\C/C=C\CCCCCCCCCCCCCCCOC(=O)CCCCCCCCCCCCCCCC. The highest BCUT2D eigenvalue weighted by Gasteiger charge is 2.18. The van der Waals surface area contributed by atoms with Gasteiger partial charge in [0.1, 0.15) is 0 Å². The Labute approximate surface area is 506 Å². The van der Waals surface area contributed by atoms with Crippen molar-refractivity contribution in [1.82, 2.24) is 5.32 Å². The summed E-state index contributed by atoms with van der Waals surface area (Å²) in [7, 11) is 0. The highest BCUT2D eigenvalue weighted by Crippen LogP contribution is 2.19. The Morgan fingerprint density at radius 1 is 0.346 bits per heavy atom. The Balaban J connectivity index is 3.36. The molecule has 0 radical (unpaired) electrons. The van der Waals surface area contributed by atoms with Gasteiger partial charge in [-0.2, -0.15) is 0 Å². The smallest absolute Gasteiger partial charge is 0.305 e. The van der Waals surface area contributed by atoms with Crippen LogP contribution < -0.4 is 5.32 Å². The summed E-state index contributed by atoms with van der Waals surface area (Å²) >= 11 is 0. The van der Waals surface area contributed by atoms with Crippen molar-refractivity contribution in [2.75, 3.05) is 13.2 Å². The maximum absolute atomic E-state index is 12.5. The van der Waals surface area contributed by atoms with E-state index in [1.54, 1.807) is 6.08 Å². The number of unbranched alkanes of at least 4 members (excludes halogenated alkanes) is 54. The molecule has 1 amide bonds. The molecule has 0 spiro atoms. The van der Waals surface area contributed by atoms with Crippen LogP contribution in [0, 0.1) is 0 Å². The highest BCUT2D eigenvalue weighted by molar-refractivity contribution is 5.76. The molecule has 6 heteroatoms. The molecule has 0 aliphatic carbocycles. The highest BCUT2D eigenvalue weighted by atomic mass is 16.5. The molecule has 0 bridgehead atoms. The minimum atomic E-state index is -0.842. The van der Waals surface area contributed by atoms with Gasteiger partial charge in [0.25, 0.3) is 0 Å². The lowest BCUT2D eigenvalue weighted by atomic mass is 10.0. The van der Waals surface area contributed by atoms with Crippen LogP contribution in [0.3, 0.4) is 0 Å². The first-order chi connectivity index (χ1) is 40.0. The van der Waals surface area contributed by atoms with Gasteiger partial charge in [0, 0.05) is 12.8 Å². The summed E-state index contributed by atoms with van der Waals surface area (Å²) in [6.07, 6.45) is 91.1. The summed E-state index contributed by atoms with van der Waals surface area (Å²) < 4.78 is 5.50. The Hall–Kier alpha value is -1.92. The molecule has 2 atom stereocenters. The molecule has 6 nitrogen and oxygen atoms in total. The lowest BCUT2D eigenvalue weighted by Crippen LogP contribution is -2.45. The van der Waals surface area contributed by atoms with Crippen molar-refractivity contribution < 1.29 is 24.5 Å². The minimum Gasteiger partial charge on any atom is -0.466 e. The normalized spacial score (nSPS) is 12.7. The van der Waals surface area contributed by atoms with Crippen LogP contribution in [0.2, 0.25) is 0 Å². The summed E-state index contributed by atoms with van der Waals surface area (Å²) in [6, 6.07) is -0.625. The van der Waals surface area contributed by atoms with Crippen molar-refractivity contribution in [3.05, 3.63) is 36.5 Å². The average Bonchev–Trinajstić information content (AvgIpc) is 3.47. The Morgan fingerprint density at radius 3 is 0.938 bits per heavy atom. The Morgan fingerprint density at radius 2 is 0.617 bits per heavy atom. The predicted molar refractivity (Wildman–Crippen MR) is 356 cm³/mol. The minimum absolute atomic E-state index is 0.0212. The second-order valence-corrected chi connectivity index (χ2v) is 25.3. The topological polar surface area (TPSA) is 95.9 Å². The van der Waals surface area contributed by atoms with E-state index in [4.69, 9.17) is 4.74 Å². The van der Waals surface area contributed by atoms with E-state index in [0.717, 1.165) is 44.9 Å². The molecule has 0 rings (SSSR count). The van der Waals surface area contributed by atoms with Crippen molar-refractivity contribution in [2.45, 2.75) is 418 Å². The van der Waals surface area contributed by atoms with E-state index in [9.17, 15) is 19.8 Å². The van der Waals surface area contributed by atoms with Crippen LogP contribution in [0.1, 0.15) is 406 Å². The summed E-state index contributed by atoms with van der Waals surface area (Å²) in [6.45, 7) is 4.93. The van der Waals surface area contributed by atoms with Gasteiger partial charge >= 0.3 is 5.97 Å². The maximum atomic E-state index is 12.5. The van der Waals surface area contributed by atoms with Crippen LogP contribution in [-0.4, -0.2) is 47.4 Å². The molecular weight excluding hydrogens is 995 g/mol. The zero-order valence-electron chi connectivity index (χ0n) is 54.8. The fourth-order valence-electron chi connectivity index (χ4n) is 11.6. The number of aliphatic hydroxyl groups is 2. The van der Waals surface area contributed by atoms with E-state index in [1.807, 2.05) is 6.08 Å². The molecule has 0 saturated heterocycles. The van der Waals surface area contributed by atoms with Gasteiger partial charge in [-0.1, -0.05) is 365 Å². The largest absolute Gasteiger partial charge is 0.466 e. The Kier molecular flexibility index (Phi) is 68.9. The van der Waals surface area contributed by atoms with Crippen LogP contribution in [0.4, 0.5) is 0 Å². The van der Waals surface area contributed by atoms with Gasteiger partial charge < -0.3 is 20.3 Å². The number of esters is 1. The number of allylic oxidation sites excluding steroid dienone is 5. The van der Waals surface area contributed by atoms with Gasteiger partial charge in [0.05, 0.1) is 25.4 Å². The molecule has 0 heterocycles. The van der Waals surface area contributed by atoms with Crippen molar-refractivity contribution in [2.24, 2.45) is 0 Å². The average molecular weight is 1140 g/mol. The number of hydrogen-bond acceptors (Lipinski definition) is 5. The van der Waals surface area contributed by atoms with Crippen LogP contribution in [0.25, 0.3) is 0 Å². The van der Waals surface area contributed by atoms with Crippen LogP contribution >= 0.6 is 0 Å². The van der Waals surface area contributed by atoms with Gasteiger partial charge in [-0.15, -0.1) is 0 Å². The van der Waals surface area contributed by atoms with E-state index in [1.165, 1.54) is 334 Å². The first-order valence-corrected chi connectivity index (χ1v) is 36.8. The molecule has 0 aliphatic heterocycles. The number of nitrogens with one attached hydrogen (secondary N) is 1. The molecule has 0 aliphatic rings. The molecule has 478 valence electrons. The Bertz CT molecular complexity index is 1310. The molecule has 0 saturated carbocycles. The molecule has 0 aromatic carbocycles. The van der Waals surface area contributed by atoms with Crippen molar-refractivity contribution in [3.8, 4) is 0 Å². The molecule has 0 fully saturated rings.